The quantitative estimate of drug-likeness (QED) is 0.133. The molecule has 0 radical (unpaired) electrons. The fourth-order valence-electron chi connectivity index (χ4n) is 13.5. The molecule has 0 bridgehead atoms. The molecular weight excluding hydrogens is 1050 g/mol. The summed E-state index contributed by atoms with van der Waals surface area (Å²) in [6, 6.07) is 91.9. The fourth-order valence-corrected chi connectivity index (χ4v) is 13.5. The zero-order chi connectivity index (χ0) is 63.6. The Kier molecular flexibility index (Phi) is 10.9. The first kappa shape index (κ1) is 45.7. The third-order valence-electron chi connectivity index (χ3n) is 17.6. The molecule has 2 aliphatic heterocycles. The Morgan fingerprint density at radius 3 is 1.20 bits per heavy atom. The zero-order valence-corrected chi connectivity index (χ0v) is 48.8. The second kappa shape index (κ2) is 20.8. The van der Waals surface area contributed by atoms with Crippen LogP contribution in [0.15, 0.2) is 303 Å². The van der Waals surface area contributed by atoms with Gasteiger partial charge in [-0.15, -0.1) is 0 Å². The lowest BCUT2D eigenvalue weighted by Crippen LogP contribution is -2.61. The molecule has 3 heterocycles. The highest BCUT2D eigenvalue weighted by Crippen LogP contribution is 2.54. The van der Waals surface area contributed by atoms with Gasteiger partial charge in [-0.25, -0.2) is 0 Å². The average molecular weight is 1120 g/mol. The summed E-state index contributed by atoms with van der Waals surface area (Å²) < 4.78 is 66.3. The van der Waals surface area contributed by atoms with E-state index >= 15 is 0 Å². The first-order valence-corrected chi connectivity index (χ1v) is 30.0. The van der Waals surface area contributed by atoms with Crippen molar-refractivity contribution in [3.8, 4) is 72.4 Å². The van der Waals surface area contributed by atoms with Gasteiger partial charge in [0, 0.05) is 61.5 Å². The van der Waals surface area contributed by atoms with Crippen molar-refractivity contribution >= 4 is 79.0 Å². The Morgan fingerprint density at radius 1 is 0.345 bits per heavy atom. The number of benzene rings is 13. The summed E-state index contributed by atoms with van der Waals surface area (Å²) in [6.07, 6.45) is 0. The maximum absolute atomic E-state index is 11.4. The van der Waals surface area contributed by atoms with Crippen LogP contribution in [0.5, 0.6) is 0 Å². The molecule has 16 rings (SSSR count). The van der Waals surface area contributed by atoms with E-state index in [2.05, 4.69) is 225 Å². The van der Waals surface area contributed by atoms with E-state index < -0.39 is 12.1 Å². The van der Waals surface area contributed by atoms with Crippen LogP contribution in [0, 0.1) is 6.92 Å². The van der Waals surface area contributed by atoms with Gasteiger partial charge in [-0.3, -0.25) is 0 Å². The highest BCUT2D eigenvalue weighted by atomic mass is 15.2. The summed E-state index contributed by atoms with van der Waals surface area (Å²) in [4.78, 5) is 4.46. The van der Waals surface area contributed by atoms with Gasteiger partial charge in [0.05, 0.1) is 30.6 Å². The SMILES string of the molecule is [2H]c1c([2H])c2c(c([2H])c1C)N(c1c(-c3ccccc3)cccc1-c1cccc(-c3ccccc3)c1)c1cc(C(C)(C)C)cc3c1B2c1c([2H])c([2H])c(-n2c4ccccc4c4ccccc42)c([2H])c1N3c1c(-c2ccccc2)cccc1-c1cccc(-c2ccccc2)c1. The van der Waals surface area contributed by atoms with Crippen molar-refractivity contribution in [2.24, 2.45) is 0 Å². The van der Waals surface area contributed by atoms with Crippen molar-refractivity contribution in [2.75, 3.05) is 9.80 Å². The zero-order valence-electron chi connectivity index (χ0n) is 54.8. The number of para-hydroxylation sites is 4. The van der Waals surface area contributed by atoms with Gasteiger partial charge in [0.25, 0.3) is 6.71 Å². The summed E-state index contributed by atoms with van der Waals surface area (Å²) in [7, 11) is 0. The maximum atomic E-state index is 11.4. The van der Waals surface area contributed by atoms with E-state index in [4.69, 9.17) is 0 Å². The molecule has 4 heteroatoms. The van der Waals surface area contributed by atoms with E-state index in [1.54, 1.807) is 6.92 Å². The lowest BCUT2D eigenvalue weighted by atomic mass is 9.33. The molecular formula is C83H62BN3. The molecule has 1 aromatic heterocycles. The molecule has 87 heavy (non-hydrogen) atoms. The first-order chi connectivity index (χ1) is 45.3. The van der Waals surface area contributed by atoms with Gasteiger partial charge in [-0.1, -0.05) is 269 Å². The van der Waals surface area contributed by atoms with Gasteiger partial charge >= 0.3 is 0 Å². The molecule has 0 N–H and O–H groups in total. The number of anilines is 6. The van der Waals surface area contributed by atoms with Crippen LogP contribution < -0.4 is 26.2 Å². The summed E-state index contributed by atoms with van der Waals surface area (Å²) in [5.74, 6) is 0. The smallest absolute Gasteiger partial charge is 0.252 e. The van der Waals surface area contributed by atoms with Gasteiger partial charge in [0.1, 0.15) is 0 Å². The molecule has 0 fully saturated rings. The Morgan fingerprint density at radius 2 is 0.724 bits per heavy atom. The van der Waals surface area contributed by atoms with Crippen LogP contribution in [0.25, 0.3) is 94.3 Å². The molecule has 0 atom stereocenters. The normalized spacial score (nSPS) is 13.5. The van der Waals surface area contributed by atoms with Crippen molar-refractivity contribution in [2.45, 2.75) is 33.1 Å². The highest BCUT2D eigenvalue weighted by Gasteiger charge is 2.46. The Balaban J connectivity index is 1.11. The summed E-state index contributed by atoms with van der Waals surface area (Å²) >= 11 is 0. The predicted molar refractivity (Wildman–Crippen MR) is 371 cm³/mol. The molecule has 3 nitrogen and oxygen atoms in total. The van der Waals surface area contributed by atoms with Crippen LogP contribution in [0.1, 0.15) is 40.1 Å². The number of hydrogen-bond donors (Lipinski definition) is 0. The largest absolute Gasteiger partial charge is 0.310 e. The third-order valence-corrected chi connectivity index (χ3v) is 17.6. The first-order valence-electron chi connectivity index (χ1n) is 33.0. The van der Waals surface area contributed by atoms with E-state index in [0.29, 0.717) is 27.9 Å². The predicted octanol–water partition coefficient (Wildman–Crippen LogP) is 20.5. The molecule has 0 spiro atoms. The van der Waals surface area contributed by atoms with Gasteiger partial charge in [-0.2, -0.15) is 0 Å². The molecule has 0 amide bonds. The van der Waals surface area contributed by atoms with Crippen molar-refractivity contribution in [1.29, 1.82) is 0 Å². The molecule has 0 aliphatic carbocycles. The average Bonchev–Trinajstić information content (AvgIpc) is 0.875. The minimum Gasteiger partial charge on any atom is -0.310 e. The molecule has 13 aromatic carbocycles. The Hall–Kier alpha value is -10.7. The number of nitrogens with zero attached hydrogens (tertiary/aromatic N) is 3. The van der Waals surface area contributed by atoms with Crippen LogP contribution in [0.4, 0.5) is 34.1 Å². The fraction of sp³-hybridized carbons (Fsp3) is 0.0602. The molecule has 2 aliphatic rings. The minimum absolute atomic E-state index is 0.0209. The third kappa shape index (κ3) is 8.73. The van der Waals surface area contributed by atoms with E-state index in [1.165, 1.54) is 0 Å². The van der Waals surface area contributed by atoms with Crippen molar-refractivity contribution in [1.82, 2.24) is 4.57 Å². The van der Waals surface area contributed by atoms with E-state index in [0.717, 1.165) is 122 Å². The second-order valence-corrected chi connectivity index (χ2v) is 23.9. The maximum Gasteiger partial charge on any atom is 0.252 e. The van der Waals surface area contributed by atoms with Crippen molar-refractivity contribution in [3.05, 3.63) is 314 Å². The Labute approximate surface area is 518 Å². The number of hydrogen-bond acceptors (Lipinski definition) is 2. The van der Waals surface area contributed by atoms with Gasteiger partial charge < -0.3 is 14.4 Å². The lowest BCUT2D eigenvalue weighted by Gasteiger charge is -2.46. The second-order valence-electron chi connectivity index (χ2n) is 23.9. The number of aromatic nitrogens is 1. The number of fused-ring (bicyclic) bond motifs is 7. The molecule has 0 saturated heterocycles. The van der Waals surface area contributed by atoms with E-state index in [1.807, 2.05) is 77.4 Å². The summed E-state index contributed by atoms with van der Waals surface area (Å²) in [5, 5.41) is 1.91. The highest BCUT2D eigenvalue weighted by molar-refractivity contribution is 7.00. The van der Waals surface area contributed by atoms with Crippen LogP contribution >= 0.6 is 0 Å². The van der Waals surface area contributed by atoms with E-state index in [9.17, 15) is 8.22 Å². The monoisotopic (exact) mass is 1120 g/mol. The standard InChI is InChI=1S/C83H62BN3/c1-55-45-47-72-76(49-55)86(81-66(58-29-13-7-14-30-58)39-23-41-68(81)62-35-21-33-60(50-62)56-25-9-5-10-26-56)78-52-64(83(2,3)4)53-79-80(78)84(72)73-48-46-65(85-74-43-19-17-37-70(74)71-38-18-20-44-75(71)85)54-77(73)87(79)82-67(59-31-15-8-16-32-59)40-24-42-69(82)63-36-22-34-61(51-63)57-27-11-6-12-28-57/h5-54H,1-4H3/i45D,46D,47D,48D,49D,54D. The van der Waals surface area contributed by atoms with Crippen molar-refractivity contribution in [3.63, 3.8) is 0 Å². The molecule has 14 aromatic rings. The van der Waals surface area contributed by atoms with Crippen LogP contribution in [0.2, 0.25) is 0 Å². The Bertz CT molecular complexity index is 5300. The summed E-state index contributed by atoms with van der Waals surface area (Å²) in [6.45, 7) is 7.40. The van der Waals surface area contributed by atoms with Gasteiger partial charge in [-0.05, 0) is 139 Å². The van der Waals surface area contributed by atoms with Crippen LogP contribution in [-0.2, 0) is 5.41 Å². The van der Waals surface area contributed by atoms with Gasteiger partial charge in [0.15, 0.2) is 0 Å². The van der Waals surface area contributed by atoms with Crippen LogP contribution in [-0.4, -0.2) is 11.3 Å². The van der Waals surface area contributed by atoms with Gasteiger partial charge in [0.2, 0.25) is 0 Å². The topological polar surface area (TPSA) is 11.4 Å². The van der Waals surface area contributed by atoms with E-state index in [-0.39, 0.29) is 41.9 Å². The number of rotatable bonds is 9. The van der Waals surface area contributed by atoms with Crippen LogP contribution in [0.3, 0.4) is 0 Å². The molecule has 412 valence electrons. The minimum atomic E-state index is -1.03. The molecule has 0 saturated carbocycles. The summed E-state index contributed by atoms with van der Waals surface area (Å²) in [5.41, 5.74) is 19.3. The van der Waals surface area contributed by atoms with Crippen molar-refractivity contribution < 1.29 is 8.22 Å². The lowest BCUT2D eigenvalue weighted by molar-refractivity contribution is 0.590. The molecule has 0 unspecified atom stereocenters.